The van der Waals surface area contributed by atoms with Gasteiger partial charge in [-0.2, -0.15) is 15.0 Å². The zero-order chi connectivity index (χ0) is 15.3. The topological polar surface area (TPSA) is 121 Å². The van der Waals surface area contributed by atoms with Gasteiger partial charge >= 0.3 is 0 Å². The number of nitrogens with one attached hydrogen (secondary N) is 2. The zero-order valence-electron chi connectivity index (χ0n) is 12.0. The summed E-state index contributed by atoms with van der Waals surface area (Å²) in [5, 5.41) is 24.6. The predicted molar refractivity (Wildman–Crippen MR) is 77.3 cm³/mol. The summed E-state index contributed by atoms with van der Waals surface area (Å²) in [6.07, 6.45) is 4.91. The van der Waals surface area contributed by atoms with Gasteiger partial charge in [0.05, 0.1) is 18.8 Å². The van der Waals surface area contributed by atoms with Crippen molar-refractivity contribution in [1.82, 2.24) is 24.5 Å². The van der Waals surface area contributed by atoms with Crippen molar-refractivity contribution >= 4 is 11.9 Å². The average molecular weight is 293 g/mol. The summed E-state index contributed by atoms with van der Waals surface area (Å²) in [5.41, 5.74) is -0.920. The van der Waals surface area contributed by atoms with Crippen LogP contribution >= 0.6 is 0 Å². The second-order valence-electron chi connectivity index (χ2n) is 4.78. The minimum Gasteiger partial charge on any atom is -0.394 e. The molecule has 0 unspecified atom stereocenters. The van der Waals surface area contributed by atoms with Gasteiger partial charge in [0.15, 0.2) is 0 Å². The van der Waals surface area contributed by atoms with Gasteiger partial charge in [0.1, 0.15) is 6.33 Å². The number of hydrogen-bond acceptors (Lipinski definition) is 8. The van der Waals surface area contributed by atoms with Crippen LogP contribution in [-0.2, 0) is 0 Å². The molecule has 0 bridgehead atoms. The van der Waals surface area contributed by atoms with Gasteiger partial charge in [-0.3, -0.25) is 4.57 Å². The minimum atomic E-state index is -0.920. The van der Waals surface area contributed by atoms with E-state index in [1.165, 1.54) is 0 Å². The molecule has 0 atom stereocenters. The molecule has 114 valence electrons. The Kier molecular flexibility index (Phi) is 4.66. The molecule has 9 nitrogen and oxygen atoms in total. The Bertz CT molecular complexity index is 569. The molecule has 0 aliphatic rings. The quantitative estimate of drug-likeness (QED) is 0.546. The largest absolute Gasteiger partial charge is 0.394 e. The van der Waals surface area contributed by atoms with Crippen molar-refractivity contribution in [3.05, 3.63) is 18.7 Å². The van der Waals surface area contributed by atoms with E-state index in [-0.39, 0.29) is 19.2 Å². The Hall–Kier alpha value is -2.26. The van der Waals surface area contributed by atoms with Crippen molar-refractivity contribution in [2.75, 3.05) is 30.4 Å². The van der Waals surface area contributed by atoms with Gasteiger partial charge in [-0.25, -0.2) is 4.98 Å². The van der Waals surface area contributed by atoms with Crippen LogP contribution in [0.5, 0.6) is 0 Å². The molecule has 2 rings (SSSR count). The molecule has 2 aromatic rings. The van der Waals surface area contributed by atoms with Crippen LogP contribution < -0.4 is 10.6 Å². The second kappa shape index (κ2) is 6.46. The second-order valence-corrected chi connectivity index (χ2v) is 4.78. The molecular weight excluding hydrogens is 274 g/mol. The fourth-order valence-electron chi connectivity index (χ4n) is 1.55. The van der Waals surface area contributed by atoms with Crippen LogP contribution in [0.4, 0.5) is 11.9 Å². The van der Waals surface area contributed by atoms with Gasteiger partial charge in [0, 0.05) is 18.9 Å². The molecular formula is C12H19N7O2. The summed E-state index contributed by atoms with van der Waals surface area (Å²) in [4.78, 5) is 16.7. The number of nitrogens with zero attached hydrogens (tertiary/aromatic N) is 5. The average Bonchev–Trinajstić information content (AvgIpc) is 3.01. The first-order chi connectivity index (χ1) is 10.1. The molecule has 0 fully saturated rings. The van der Waals surface area contributed by atoms with Crippen molar-refractivity contribution in [3.8, 4) is 5.95 Å². The summed E-state index contributed by atoms with van der Waals surface area (Å²) in [5.74, 6) is 1.05. The Labute approximate surface area is 122 Å². The van der Waals surface area contributed by atoms with Gasteiger partial charge in [-0.15, -0.1) is 0 Å². The maximum atomic E-state index is 9.35. The van der Waals surface area contributed by atoms with E-state index < -0.39 is 5.54 Å². The number of aromatic nitrogens is 5. The summed E-state index contributed by atoms with van der Waals surface area (Å²) >= 11 is 0. The summed E-state index contributed by atoms with van der Waals surface area (Å²) in [7, 11) is 0. The lowest BCUT2D eigenvalue weighted by Crippen LogP contribution is -2.43. The summed E-state index contributed by atoms with van der Waals surface area (Å²) in [6, 6.07) is 0. The molecule has 0 saturated heterocycles. The fraction of sp³-hybridized carbons (Fsp3) is 0.500. The fourth-order valence-corrected chi connectivity index (χ4v) is 1.55. The van der Waals surface area contributed by atoms with E-state index in [0.29, 0.717) is 18.4 Å². The highest BCUT2D eigenvalue weighted by atomic mass is 16.3. The van der Waals surface area contributed by atoms with E-state index in [4.69, 9.17) is 0 Å². The van der Waals surface area contributed by atoms with Gasteiger partial charge in [-0.1, -0.05) is 0 Å². The Morgan fingerprint density at radius 2 is 1.90 bits per heavy atom. The van der Waals surface area contributed by atoms with Gasteiger partial charge in [-0.05, 0) is 13.8 Å². The van der Waals surface area contributed by atoms with Crippen molar-refractivity contribution in [2.24, 2.45) is 0 Å². The summed E-state index contributed by atoms with van der Waals surface area (Å²) in [6.45, 7) is 3.74. The normalized spacial score (nSPS) is 11.4. The van der Waals surface area contributed by atoms with Crippen LogP contribution in [0, 0.1) is 0 Å². The van der Waals surface area contributed by atoms with E-state index >= 15 is 0 Å². The van der Waals surface area contributed by atoms with E-state index in [0.717, 1.165) is 0 Å². The van der Waals surface area contributed by atoms with Crippen molar-refractivity contribution in [2.45, 2.75) is 19.4 Å². The molecule has 0 aromatic carbocycles. The molecule has 0 radical (unpaired) electrons. The molecule has 21 heavy (non-hydrogen) atoms. The number of hydrogen-bond donors (Lipinski definition) is 4. The maximum absolute atomic E-state index is 9.35. The van der Waals surface area contributed by atoms with Gasteiger partial charge < -0.3 is 20.8 Å². The van der Waals surface area contributed by atoms with Crippen molar-refractivity contribution in [1.29, 1.82) is 0 Å². The third-order valence-corrected chi connectivity index (χ3v) is 2.81. The SMILES string of the molecule is CCNc1nc(NC(C)(CO)CO)nc(-n2ccnc2)n1. The molecule has 0 aliphatic heterocycles. The molecule has 0 saturated carbocycles. The molecule has 0 spiro atoms. The number of aliphatic hydroxyl groups excluding tert-OH is 2. The van der Waals surface area contributed by atoms with Crippen LogP contribution in [0.3, 0.4) is 0 Å². The number of rotatable bonds is 7. The standard InChI is InChI=1S/C12H19N7O2/c1-3-14-9-15-10(18-12(2,6-20)7-21)17-11(16-9)19-5-4-13-8-19/h4-5,8,20-21H,3,6-7H2,1-2H3,(H2,14,15,16,17,18). The third kappa shape index (κ3) is 3.64. The third-order valence-electron chi connectivity index (χ3n) is 2.81. The smallest absolute Gasteiger partial charge is 0.241 e. The highest BCUT2D eigenvalue weighted by Gasteiger charge is 2.24. The molecule has 0 amide bonds. The predicted octanol–water partition coefficient (Wildman–Crippen LogP) is -0.356. The van der Waals surface area contributed by atoms with Gasteiger partial charge in [0.2, 0.25) is 17.8 Å². The lowest BCUT2D eigenvalue weighted by molar-refractivity contribution is 0.147. The maximum Gasteiger partial charge on any atom is 0.241 e. The lowest BCUT2D eigenvalue weighted by atomic mass is 10.1. The van der Waals surface area contributed by atoms with E-state index in [1.807, 2.05) is 6.92 Å². The minimum absolute atomic E-state index is 0.258. The number of imidazole rings is 1. The number of aliphatic hydroxyl groups is 2. The monoisotopic (exact) mass is 293 g/mol. The van der Waals surface area contributed by atoms with Crippen molar-refractivity contribution < 1.29 is 10.2 Å². The van der Waals surface area contributed by atoms with Crippen LogP contribution in [0.15, 0.2) is 18.7 Å². The number of anilines is 2. The Morgan fingerprint density at radius 3 is 2.48 bits per heavy atom. The molecule has 4 N–H and O–H groups in total. The molecule has 2 aromatic heterocycles. The van der Waals surface area contributed by atoms with Crippen LogP contribution in [0.25, 0.3) is 5.95 Å². The van der Waals surface area contributed by atoms with Crippen LogP contribution in [0.1, 0.15) is 13.8 Å². The highest BCUT2D eigenvalue weighted by molar-refractivity contribution is 5.39. The van der Waals surface area contributed by atoms with Crippen LogP contribution in [0.2, 0.25) is 0 Å². The summed E-state index contributed by atoms with van der Waals surface area (Å²) < 4.78 is 1.64. The zero-order valence-corrected chi connectivity index (χ0v) is 12.0. The van der Waals surface area contributed by atoms with Crippen molar-refractivity contribution in [3.63, 3.8) is 0 Å². The first-order valence-electron chi connectivity index (χ1n) is 6.58. The molecule has 2 heterocycles. The highest BCUT2D eigenvalue weighted by Crippen LogP contribution is 2.14. The van der Waals surface area contributed by atoms with Gasteiger partial charge in [0.25, 0.3) is 0 Å². The first-order valence-corrected chi connectivity index (χ1v) is 6.58. The van der Waals surface area contributed by atoms with E-state index in [1.54, 1.807) is 30.2 Å². The Morgan fingerprint density at radius 1 is 1.19 bits per heavy atom. The first kappa shape index (κ1) is 15.1. The van der Waals surface area contributed by atoms with Crippen LogP contribution in [-0.4, -0.2) is 60.0 Å². The van der Waals surface area contributed by atoms with E-state index in [2.05, 4.69) is 30.6 Å². The Balaban J connectivity index is 2.36. The molecule has 9 heteroatoms. The van der Waals surface area contributed by atoms with E-state index in [9.17, 15) is 10.2 Å². The lowest BCUT2D eigenvalue weighted by Gasteiger charge is -2.26. The molecule has 0 aliphatic carbocycles.